The second-order valence-electron chi connectivity index (χ2n) is 4.24. The van der Waals surface area contributed by atoms with Crippen molar-refractivity contribution < 1.29 is 0 Å². The van der Waals surface area contributed by atoms with E-state index in [1.165, 1.54) is 5.56 Å². The highest BCUT2D eigenvalue weighted by molar-refractivity contribution is 9.10. The minimum absolute atomic E-state index is 0.420. The molecule has 0 spiro atoms. The fourth-order valence-corrected chi connectivity index (χ4v) is 2.45. The largest absolute Gasteiger partial charge is 0.328 e. The molecule has 1 aliphatic heterocycles. The van der Waals surface area contributed by atoms with Crippen molar-refractivity contribution in [1.29, 1.82) is 0 Å². The van der Waals surface area contributed by atoms with Gasteiger partial charge in [0.25, 0.3) is 0 Å². The van der Waals surface area contributed by atoms with E-state index in [1.54, 1.807) is 0 Å². The number of nitrogens with two attached hydrogens (primary N) is 1. The third-order valence-corrected chi connectivity index (χ3v) is 3.42. The summed E-state index contributed by atoms with van der Waals surface area (Å²) in [5.74, 6) is 0. The molecule has 2 nitrogen and oxygen atoms in total. The van der Waals surface area contributed by atoms with Crippen molar-refractivity contribution in [1.82, 2.24) is 4.90 Å². The number of rotatable bonds is 2. The molecule has 0 aliphatic carbocycles. The molecule has 82 valence electrons. The molecular weight excluding hydrogens is 252 g/mol. The van der Waals surface area contributed by atoms with Crippen LogP contribution in [0.3, 0.4) is 0 Å². The van der Waals surface area contributed by atoms with E-state index in [1.807, 2.05) is 0 Å². The van der Waals surface area contributed by atoms with E-state index in [4.69, 9.17) is 5.73 Å². The minimum Gasteiger partial charge on any atom is -0.328 e. The van der Waals surface area contributed by atoms with Crippen LogP contribution in [0.25, 0.3) is 0 Å². The van der Waals surface area contributed by atoms with Crippen LogP contribution in [0.5, 0.6) is 0 Å². The molecule has 3 heteroatoms. The molecular formula is C12H17BrN2. The fraction of sp³-hybridized carbons (Fsp3) is 0.500. The SMILES string of the molecule is NC1CCN(Cc2cccc(Br)c2)CC1. The van der Waals surface area contributed by atoms with E-state index < -0.39 is 0 Å². The molecule has 0 saturated carbocycles. The Kier molecular flexibility index (Phi) is 3.78. The highest BCUT2D eigenvalue weighted by Crippen LogP contribution is 2.16. The first-order chi connectivity index (χ1) is 7.24. The van der Waals surface area contributed by atoms with E-state index in [0.29, 0.717) is 6.04 Å². The summed E-state index contributed by atoms with van der Waals surface area (Å²) in [6, 6.07) is 8.95. The first kappa shape index (κ1) is 11.1. The van der Waals surface area contributed by atoms with Crippen LogP contribution in [0.1, 0.15) is 18.4 Å². The van der Waals surface area contributed by atoms with Crippen LogP contribution in [0.15, 0.2) is 28.7 Å². The van der Waals surface area contributed by atoms with Crippen LogP contribution < -0.4 is 5.73 Å². The van der Waals surface area contributed by atoms with E-state index in [0.717, 1.165) is 36.9 Å². The third kappa shape index (κ3) is 3.30. The van der Waals surface area contributed by atoms with Crippen molar-refractivity contribution in [2.45, 2.75) is 25.4 Å². The maximum absolute atomic E-state index is 5.88. The van der Waals surface area contributed by atoms with Gasteiger partial charge in [0.1, 0.15) is 0 Å². The summed E-state index contributed by atoms with van der Waals surface area (Å²) in [6.45, 7) is 3.31. The molecule has 1 aromatic carbocycles. The zero-order chi connectivity index (χ0) is 10.7. The van der Waals surface area contributed by atoms with E-state index in [-0.39, 0.29) is 0 Å². The molecule has 0 atom stereocenters. The van der Waals surface area contributed by atoms with Gasteiger partial charge >= 0.3 is 0 Å². The number of hydrogen-bond acceptors (Lipinski definition) is 2. The summed E-state index contributed by atoms with van der Waals surface area (Å²) >= 11 is 3.50. The molecule has 0 amide bonds. The normalized spacial score (nSPS) is 19.3. The molecule has 1 aliphatic rings. The van der Waals surface area contributed by atoms with Gasteiger partial charge in [-0.05, 0) is 43.6 Å². The van der Waals surface area contributed by atoms with Gasteiger partial charge in [0.05, 0.1) is 0 Å². The molecule has 2 N–H and O–H groups in total. The Hall–Kier alpha value is -0.380. The fourth-order valence-electron chi connectivity index (χ4n) is 2.00. The summed E-state index contributed by atoms with van der Waals surface area (Å²) in [5.41, 5.74) is 7.26. The zero-order valence-electron chi connectivity index (χ0n) is 8.82. The van der Waals surface area contributed by atoms with Gasteiger partial charge < -0.3 is 5.73 Å². The van der Waals surface area contributed by atoms with Crippen LogP contribution in [-0.2, 0) is 6.54 Å². The minimum atomic E-state index is 0.420. The molecule has 0 bridgehead atoms. The van der Waals surface area contributed by atoms with Crippen molar-refractivity contribution in [3.63, 3.8) is 0 Å². The van der Waals surface area contributed by atoms with Crippen molar-refractivity contribution >= 4 is 15.9 Å². The third-order valence-electron chi connectivity index (χ3n) is 2.93. The van der Waals surface area contributed by atoms with Gasteiger partial charge in [-0.15, -0.1) is 0 Å². The highest BCUT2D eigenvalue weighted by atomic mass is 79.9. The van der Waals surface area contributed by atoms with Gasteiger partial charge in [-0.2, -0.15) is 0 Å². The van der Waals surface area contributed by atoms with Gasteiger partial charge in [-0.1, -0.05) is 28.1 Å². The number of benzene rings is 1. The van der Waals surface area contributed by atoms with E-state index in [2.05, 4.69) is 45.1 Å². The summed E-state index contributed by atoms with van der Waals surface area (Å²) in [6.07, 6.45) is 2.27. The molecule has 2 rings (SSSR count). The Morgan fingerprint density at radius 2 is 2.07 bits per heavy atom. The average Bonchev–Trinajstić information content (AvgIpc) is 2.22. The molecule has 1 saturated heterocycles. The molecule has 1 fully saturated rings. The number of likely N-dealkylation sites (tertiary alicyclic amines) is 1. The Bertz CT molecular complexity index is 319. The molecule has 15 heavy (non-hydrogen) atoms. The number of halogens is 1. The monoisotopic (exact) mass is 268 g/mol. The topological polar surface area (TPSA) is 29.3 Å². The van der Waals surface area contributed by atoms with Crippen LogP contribution >= 0.6 is 15.9 Å². The van der Waals surface area contributed by atoms with Crippen LogP contribution in [0.4, 0.5) is 0 Å². The second kappa shape index (κ2) is 5.10. The van der Waals surface area contributed by atoms with Gasteiger partial charge in [0.15, 0.2) is 0 Å². The lowest BCUT2D eigenvalue weighted by Gasteiger charge is -2.30. The summed E-state index contributed by atoms with van der Waals surface area (Å²) in [5, 5.41) is 0. The van der Waals surface area contributed by atoms with Gasteiger partial charge in [0.2, 0.25) is 0 Å². The maximum atomic E-state index is 5.88. The number of nitrogens with zero attached hydrogens (tertiary/aromatic N) is 1. The van der Waals surface area contributed by atoms with Crippen LogP contribution in [0, 0.1) is 0 Å². The van der Waals surface area contributed by atoms with Crippen molar-refractivity contribution in [3.05, 3.63) is 34.3 Å². The first-order valence-electron chi connectivity index (χ1n) is 5.46. The van der Waals surface area contributed by atoms with Gasteiger partial charge in [-0.25, -0.2) is 0 Å². The molecule has 1 aromatic rings. The first-order valence-corrected chi connectivity index (χ1v) is 6.26. The number of piperidine rings is 1. The average molecular weight is 269 g/mol. The lowest BCUT2D eigenvalue weighted by molar-refractivity contribution is 0.205. The number of hydrogen-bond donors (Lipinski definition) is 1. The standard InChI is InChI=1S/C12H17BrN2/c13-11-3-1-2-10(8-11)9-15-6-4-12(14)5-7-15/h1-3,8,12H,4-7,9,14H2. The molecule has 0 unspecified atom stereocenters. The Labute approximate surface area is 99.6 Å². The van der Waals surface area contributed by atoms with Crippen molar-refractivity contribution in [2.75, 3.05) is 13.1 Å². The highest BCUT2D eigenvalue weighted by Gasteiger charge is 2.15. The Morgan fingerprint density at radius 3 is 2.73 bits per heavy atom. The van der Waals surface area contributed by atoms with Gasteiger partial charge in [-0.3, -0.25) is 4.90 Å². The van der Waals surface area contributed by atoms with Crippen LogP contribution in [-0.4, -0.2) is 24.0 Å². The zero-order valence-corrected chi connectivity index (χ0v) is 10.4. The Balaban J connectivity index is 1.92. The van der Waals surface area contributed by atoms with Crippen LogP contribution in [0.2, 0.25) is 0 Å². The van der Waals surface area contributed by atoms with E-state index in [9.17, 15) is 0 Å². The second-order valence-corrected chi connectivity index (χ2v) is 5.16. The maximum Gasteiger partial charge on any atom is 0.0234 e. The Morgan fingerprint density at radius 1 is 1.33 bits per heavy atom. The molecule has 0 aromatic heterocycles. The lowest BCUT2D eigenvalue weighted by Crippen LogP contribution is -2.39. The quantitative estimate of drug-likeness (QED) is 0.893. The summed E-state index contributed by atoms with van der Waals surface area (Å²) in [4.78, 5) is 2.48. The summed E-state index contributed by atoms with van der Waals surface area (Å²) in [7, 11) is 0. The molecule has 0 radical (unpaired) electrons. The van der Waals surface area contributed by atoms with Crippen molar-refractivity contribution in [3.8, 4) is 0 Å². The van der Waals surface area contributed by atoms with Crippen molar-refractivity contribution in [2.24, 2.45) is 5.73 Å². The van der Waals surface area contributed by atoms with E-state index >= 15 is 0 Å². The predicted octanol–water partition coefficient (Wildman–Crippen LogP) is 2.37. The smallest absolute Gasteiger partial charge is 0.0234 e. The van der Waals surface area contributed by atoms with Gasteiger partial charge in [0, 0.05) is 17.1 Å². The summed E-state index contributed by atoms with van der Waals surface area (Å²) < 4.78 is 1.16. The molecule has 1 heterocycles. The lowest BCUT2D eigenvalue weighted by atomic mass is 10.1. The predicted molar refractivity (Wildman–Crippen MR) is 66.6 cm³/mol.